The summed E-state index contributed by atoms with van der Waals surface area (Å²) in [6.07, 6.45) is 1.62. The van der Waals surface area contributed by atoms with Gasteiger partial charge in [-0.25, -0.2) is 9.67 Å². The second-order valence-corrected chi connectivity index (χ2v) is 9.05. The number of carbonyl (C=O) groups is 1. The molecule has 1 saturated heterocycles. The van der Waals surface area contributed by atoms with Crippen LogP contribution in [0.15, 0.2) is 41.7 Å². The molecular formula is C25H34ClN7O5. The van der Waals surface area contributed by atoms with Gasteiger partial charge in [0.25, 0.3) is 5.97 Å². The van der Waals surface area contributed by atoms with Gasteiger partial charge in [0.2, 0.25) is 5.91 Å². The minimum atomic E-state index is -0.875. The molecule has 1 amide bonds. The molecular weight excluding hydrogens is 514 g/mol. The molecule has 3 aromatic rings. The number of piperazine rings is 1. The van der Waals surface area contributed by atoms with E-state index in [1.165, 1.54) is 26.0 Å². The molecule has 2 aromatic heterocycles. The summed E-state index contributed by atoms with van der Waals surface area (Å²) in [6.45, 7) is 6.40. The SMILES string of the molecule is COC(C)(OC)OC.Cc1cc(N2CCN(C(=O)Cn3nc(/C(N)=N\O)c4cccnc43)CC2)ccc1Cl. The number of benzene rings is 1. The van der Waals surface area contributed by atoms with Gasteiger partial charge in [0.15, 0.2) is 11.5 Å². The first-order valence-corrected chi connectivity index (χ1v) is 12.3. The molecule has 1 aliphatic rings. The summed E-state index contributed by atoms with van der Waals surface area (Å²) >= 11 is 6.12. The third-order valence-corrected chi connectivity index (χ3v) is 6.82. The number of aromatic nitrogens is 3. The maximum Gasteiger partial charge on any atom is 0.279 e. The van der Waals surface area contributed by atoms with Gasteiger partial charge >= 0.3 is 0 Å². The van der Waals surface area contributed by atoms with Gasteiger partial charge in [-0.2, -0.15) is 5.10 Å². The van der Waals surface area contributed by atoms with Gasteiger partial charge in [0.05, 0.1) is 5.39 Å². The summed E-state index contributed by atoms with van der Waals surface area (Å²) in [5.41, 5.74) is 8.68. The Kier molecular flexibility index (Phi) is 9.86. The zero-order chi connectivity index (χ0) is 27.9. The minimum absolute atomic E-state index is 0.0340. The summed E-state index contributed by atoms with van der Waals surface area (Å²) < 4.78 is 15.9. The largest absolute Gasteiger partial charge is 0.409 e. The quantitative estimate of drug-likeness (QED) is 0.150. The van der Waals surface area contributed by atoms with E-state index in [-0.39, 0.29) is 18.3 Å². The van der Waals surface area contributed by atoms with Gasteiger partial charge in [-0.05, 0) is 42.8 Å². The Morgan fingerprint density at radius 3 is 2.37 bits per heavy atom. The van der Waals surface area contributed by atoms with E-state index >= 15 is 0 Å². The first-order valence-electron chi connectivity index (χ1n) is 11.9. The Bertz CT molecular complexity index is 1260. The summed E-state index contributed by atoms with van der Waals surface area (Å²) in [5.74, 6) is -1.05. The number of rotatable bonds is 7. The van der Waals surface area contributed by atoms with Crippen LogP contribution in [0.3, 0.4) is 0 Å². The third kappa shape index (κ3) is 6.70. The van der Waals surface area contributed by atoms with Gasteiger partial charge in [-0.3, -0.25) is 4.79 Å². The van der Waals surface area contributed by atoms with Gasteiger partial charge < -0.3 is 35.0 Å². The minimum Gasteiger partial charge on any atom is -0.409 e. The van der Waals surface area contributed by atoms with Crippen molar-refractivity contribution in [3.63, 3.8) is 0 Å². The summed E-state index contributed by atoms with van der Waals surface area (Å²) in [6, 6.07) is 9.48. The predicted octanol–water partition coefficient (Wildman–Crippen LogP) is 2.44. The summed E-state index contributed by atoms with van der Waals surface area (Å²) in [4.78, 5) is 21.3. The number of nitrogens with two attached hydrogens (primary N) is 1. The Labute approximate surface area is 226 Å². The molecule has 0 radical (unpaired) electrons. The fourth-order valence-corrected chi connectivity index (χ4v) is 3.99. The van der Waals surface area contributed by atoms with Crippen molar-refractivity contribution in [1.29, 1.82) is 0 Å². The molecule has 206 valence electrons. The van der Waals surface area contributed by atoms with Crippen molar-refractivity contribution in [2.75, 3.05) is 52.4 Å². The molecule has 38 heavy (non-hydrogen) atoms. The Morgan fingerprint density at radius 2 is 1.82 bits per heavy atom. The second-order valence-electron chi connectivity index (χ2n) is 8.64. The summed E-state index contributed by atoms with van der Waals surface area (Å²) in [7, 11) is 4.56. The number of nitrogens with zero attached hydrogens (tertiary/aromatic N) is 6. The smallest absolute Gasteiger partial charge is 0.279 e. The lowest BCUT2D eigenvalue weighted by Crippen LogP contribution is -2.49. The lowest BCUT2D eigenvalue weighted by molar-refractivity contribution is -0.340. The first-order chi connectivity index (χ1) is 18.2. The van der Waals surface area contributed by atoms with E-state index < -0.39 is 5.97 Å². The lowest BCUT2D eigenvalue weighted by Gasteiger charge is -2.36. The van der Waals surface area contributed by atoms with E-state index in [9.17, 15) is 4.79 Å². The number of hydrogen-bond acceptors (Lipinski definition) is 9. The molecule has 0 spiro atoms. The average Bonchev–Trinajstić information content (AvgIpc) is 3.32. The van der Waals surface area contributed by atoms with Crippen LogP contribution in [0.2, 0.25) is 5.02 Å². The van der Waals surface area contributed by atoms with Gasteiger partial charge in [0.1, 0.15) is 12.2 Å². The number of carbonyl (C=O) groups excluding carboxylic acids is 1. The van der Waals surface area contributed by atoms with Crippen LogP contribution in [0.4, 0.5) is 5.69 Å². The van der Waals surface area contributed by atoms with Gasteiger partial charge in [-0.1, -0.05) is 16.8 Å². The van der Waals surface area contributed by atoms with Crippen LogP contribution in [0, 0.1) is 6.92 Å². The molecule has 1 aromatic carbocycles. The fraction of sp³-hybridized carbons (Fsp3) is 0.440. The molecule has 13 heteroatoms. The molecule has 0 unspecified atom stereocenters. The van der Waals surface area contributed by atoms with Crippen molar-refractivity contribution < 1.29 is 24.2 Å². The van der Waals surface area contributed by atoms with E-state index in [2.05, 4.69) is 26.2 Å². The van der Waals surface area contributed by atoms with E-state index in [1.807, 2.05) is 24.0 Å². The van der Waals surface area contributed by atoms with Crippen LogP contribution in [-0.4, -0.2) is 90.1 Å². The predicted molar refractivity (Wildman–Crippen MR) is 144 cm³/mol. The maximum absolute atomic E-state index is 12.9. The van der Waals surface area contributed by atoms with Gasteiger partial charge in [0, 0.05) is 71.3 Å². The van der Waals surface area contributed by atoms with E-state index in [0.717, 1.165) is 29.4 Å². The number of aryl methyl sites for hydroxylation is 1. The monoisotopic (exact) mass is 547 g/mol. The number of hydrogen-bond donors (Lipinski definition) is 2. The Balaban J connectivity index is 0.000000436. The highest BCUT2D eigenvalue weighted by Gasteiger charge is 2.24. The molecule has 0 bridgehead atoms. The number of methoxy groups -OCH3 is 3. The number of anilines is 1. The number of halogens is 1. The topological polar surface area (TPSA) is 141 Å². The van der Waals surface area contributed by atoms with Crippen LogP contribution in [0.25, 0.3) is 11.0 Å². The highest BCUT2D eigenvalue weighted by molar-refractivity contribution is 6.31. The number of oxime groups is 1. The van der Waals surface area contributed by atoms with E-state index in [1.54, 1.807) is 25.3 Å². The first kappa shape index (κ1) is 29.1. The molecule has 1 aliphatic heterocycles. The average molecular weight is 548 g/mol. The molecule has 4 rings (SSSR count). The number of amidine groups is 1. The molecule has 0 aliphatic carbocycles. The molecule has 0 atom stereocenters. The van der Waals surface area contributed by atoms with E-state index in [4.69, 9.17) is 36.8 Å². The zero-order valence-electron chi connectivity index (χ0n) is 22.2. The highest BCUT2D eigenvalue weighted by Crippen LogP contribution is 2.24. The van der Waals surface area contributed by atoms with Crippen LogP contribution in [-0.2, 0) is 25.5 Å². The van der Waals surface area contributed by atoms with Crippen molar-refractivity contribution in [2.45, 2.75) is 26.4 Å². The Morgan fingerprint density at radius 1 is 1.16 bits per heavy atom. The van der Waals surface area contributed by atoms with Crippen molar-refractivity contribution in [3.05, 3.63) is 52.8 Å². The lowest BCUT2D eigenvalue weighted by atomic mass is 10.2. The van der Waals surface area contributed by atoms with Crippen LogP contribution in [0.1, 0.15) is 18.2 Å². The number of fused-ring (bicyclic) bond motifs is 1. The van der Waals surface area contributed by atoms with Crippen LogP contribution >= 0.6 is 11.6 Å². The van der Waals surface area contributed by atoms with Crippen molar-refractivity contribution in [2.24, 2.45) is 10.9 Å². The third-order valence-electron chi connectivity index (χ3n) is 6.39. The van der Waals surface area contributed by atoms with E-state index in [0.29, 0.717) is 29.8 Å². The fourth-order valence-electron chi connectivity index (χ4n) is 3.87. The molecule has 3 N–H and O–H groups in total. The van der Waals surface area contributed by atoms with Crippen molar-refractivity contribution in [3.8, 4) is 0 Å². The molecule has 1 fully saturated rings. The standard InChI is InChI=1S/C20H22ClN7O2.C5H12O3/c1-13-11-14(4-5-16(13)21)26-7-9-27(10-8-26)17(29)12-28-20-15(3-2-6-23-20)18(24-28)19(22)25-30;1-5(6-2,7-3)8-4/h2-6,11,30H,7-10,12H2,1H3,(H2,22,25);1-4H3. The second kappa shape index (κ2) is 12.9. The van der Waals surface area contributed by atoms with Crippen LogP contribution in [0.5, 0.6) is 0 Å². The Hall–Kier alpha value is -3.45. The zero-order valence-corrected chi connectivity index (χ0v) is 23.0. The van der Waals surface area contributed by atoms with Gasteiger partial charge in [-0.15, -0.1) is 0 Å². The molecule has 3 heterocycles. The van der Waals surface area contributed by atoms with Crippen molar-refractivity contribution >= 4 is 40.1 Å². The molecule has 12 nitrogen and oxygen atoms in total. The van der Waals surface area contributed by atoms with Crippen molar-refractivity contribution in [1.82, 2.24) is 19.7 Å². The highest BCUT2D eigenvalue weighted by atomic mass is 35.5. The number of pyridine rings is 1. The summed E-state index contributed by atoms with van der Waals surface area (Å²) in [5, 5.41) is 17.7. The number of ether oxygens (including phenoxy) is 3. The molecule has 0 saturated carbocycles. The van der Waals surface area contributed by atoms with Crippen LogP contribution < -0.4 is 10.6 Å². The maximum atomic E-state index is 12.9. The number of amides is 1. The normalized spacial score (nSPS) is 14.4.